The van der Waals surface area contributed by atoms with Gasteiger partial charge in [-0.25, -0.2) is 0 Å². The van der Waals surface area contributed by atoms with E-state index in [1.807, 2.05) is 0 Å². The lowest BCUT2D eigenvalue weighted by Gasteiger charge is -2.20. The van der Waals surface area contributed by atoms with E-state index in [4.69, 9.17) is 0 Å². The van der Waals surface area contributed by atoms with Crippen molar-refractivity contribution < 1.29 is 0 Å². The normalized spacial score (nSPS) is 12.4. The molecule has 2 aromatic rings. The molecule has 2 nitrogen and oxygen atoms in total. The second kappa shape index (κ2) is 7.25. The van der Waals surface area contributed by atoms with E-state index in [0.717, 1.165) is 13.0 Å². The maximum absolute atomic E-state index is 3.66. The summed E-state index contributed by atoms with van der Waals surface area (Å²) in [6, 6.07) is 11.2. The zero-order valence-electron chi connectivity index (χ0n) is 12.2. The molecule has 1 atom stereocenters. The van der Waals surface area contributed by atoms with Gasteiger partial charge in [-0.15, -0.1) is 11.3 Å². The molecule has 1 unspecified atom stereocenters. The van der Waals surface area contributed by atoms with Crippen LogP contribution in [-0.4, -0.2) is 20.6 Å². The smallest absolute Gasteiger partial charge is 0.0682 e. The Morgan fingerprint density at radius 2 is 1.90 bits per heavy atom. The summed E-state index contributed by atoms with van der Waals surface area (Å²) in [5.41, 5.74) is 2.54. The molecule has 0 amide bonds. The number of anilines is 1. The summed E-state index contributed by atoms with van der Waals surface area (Å²) in [5.74, 6) is 0. The molecule has 1 N–H and O–H groups in total. The summed E-state index contributed by atoms with van der Waals surface area (Å²) in [4.78, 5) is 3.47. The first-order valence-corrected chi connectivity index (χ1v) is 8.54. The van der Waals surface area contributed by atoms with Gasteiger partial charge in [0, 0.05) is 29.1 Å². The van der Waals surface area contributed by atoms with Gasteiger partial charge in [0.15, 0.2) is 0 Å². The van der Waals surface area contributed by atoms with E-state index in [-0.39, 0.29) is 6.04 Å². The minimum atomic E-state index is 0.264. The number of nitrogens with one attached hydrogen (secondary N) is 1. The Morgan fingerprint density at radius 3 is 2.40 bits per heavy atom. The average Bonchev–Trinajstić information content (AvgIpc) is 2.86. The van der Waals surface area contributed by atoms with E-state index in [1.165, 1.54) is 20.6 Å². The third-order valence-electron chi connectivity index (χ3n) is 3.25. The van der Waals surface area contributed by atoms with Crippen molar-refractivity contribution in [2.24, 2.45) is 0 Å². The van der Waals surface area contributed by atoms with Crippen molar-refractivity contribution in [3.05, 3.63) is 50.6 Å². The Labute approximate surface area is 133 Å². The molecule has 0 radical (unpaired) electrons. The molecule has 4 heteroatoms. The van der Waals surface area contributed by atoms with Gasteiger partial charge in [0.2, 0.25) is 0 Å². The van der Waals surface area contributed by atoms with Crippen LogP contribution in [0.1, 0.15) is 29.8 Å². The van der Waals surface area contributed by atoms with Gasteiger partial charge in [-0.2, -0.15) is 0 Å². The number of nitrogens with zero attached hydrogens (tertiary/aromatic N) is 1. The van der Waals surface area contributed by atoms with Crippen molar-refractivity contribution >= 4 is 33.0 Å². The first kappa shape index (κ1) is 15.5. The second-order valence-electron chi connectivity index (χ2n) is 5.01. The lowest BCUT2D eigenvalue weighted by atomic mass is 10.0. The molecular formula is C16H21BrN2S. The number of hydrogen-bond acceptors (Lipinski definition) is 3. The van der Waals surface area contributed by atoms with Crippen LogP contribution in [-0.2, 0) is 0 Å². The second-order valence-corrected chi connectivity index (χ2v) is 6.81. The fourth-order valence-corrected chi connectivity index (χ4v) is 3.83. The predicted octanol–water partition coefficient (Wildman–Crippen LogP) is 4.67. The van der Waals surface area contributed by atoms with Gasteiger partial charge < -0.3 is 10.2 Å². The zero-order chi connectivity index (χ0) is 14.5. The van der Waals surface area contributed by atoms with Crippen LogP contribution in [0.5, 0.6) is 0 Å². The molecule has 2 rings (SSSR count). The monoisotopic (exact) mass is 352 g/mol. The minimum Gasteiger partial charge on any atom is -0.378 e. The van der Waals surface area contributed by atoms with Crippen molar-refractivity contribution in [2.75, 3.05) is 25.5 Å². The maximum Gasteiger partial charge on any atom is 0.0682 e. The highest BCUT2D eigenvalue weighted by molar-refractivity contribution is 9.10. The SMILES string of the molecule is CCCNC(c1ccc(N(C)C)cc1)c1sccc1Br. The van der Waals surface area contributed by atoms with Crippen LogP contribution in [0.25, 0.3) is 0 Å². The largest absolute Gasteiger partial charge is 0.378 e. The van der Waals surface area contributed by atoms with Gasteiger partial charge >= 0.3 is 0 Å². The highest BCUT2D eigenvalue weighted by Crippen LogP contribution is 2.33. The Balaban J connectivity index is 2.29. The van der Waals surface area contributed by atoms with Gasteiger partial charge in [-0.05, 0) is 58.0 Å². The maximum atomic E-state index is 3.66. The summed E-state index contributed by atoms with van der Waals surface area (Å²) in [6.45, 7) is 3.22. The quantitative estimate of drug-likeness (QED) is 0.812. The Bertz CT molecular complexity index is 534. The highest BCUT2D eigenvalue weighted by Gasteiger charge is 2.17. The number of halogens is 1. The van der Waals surface area contributed by atoms with Crippen LogP contribution in [0.2, 0.25) is 0 Å². The average molecular weight is 353 g/mol. The molecule has 0 saturated carbocycles. The molecule has 1 aromatic carbocycles. The minimum absolute atomic E-state index is 0.264. The van der Waals surface area contributed by atoms with E-state index in [2.05, 4.69) is 82.9 Å². The van der Waals surface area contributed by atoms with Gasteiger partial charge in [-0.3, -0.25) is 0 Å². The fraction of sp³-hybridized carbons (Fsp3) is 0.375. The molecule has 0 bridgehead atoms. The third kappa shape index (κ3) is 3.62. The summed E-state index contributed by atoms with van der Waals surface area (Å²) in [6.07, 6.45) is 1.13. The summed E-state index contributed by atoms with van der Waals surface area (Å²) >= 11 is 5.45. The van der Waals surface area contributed by atoms with E-state index >= 15 is 0 Å². The van der Waals surface area contributed by atoms with Crippen LogP contribution >= 0.6 is 27.3 Å². The van der Waals surface area contributed by atoms with Crippen molar-refractivity contribution in [3.63, 3.8) is 0 Å². The van der Waals surface area contributed by atoms with E-state index in [0.29, 0.717) is 0 Å². The Kier molecular flexibility index (Phi) is 5.64. The van der Waals surface area contributed by atoms with Gasteiger partial charge in [0.1, 0.15) is 0 Å². The third-order valence-corrected chi connectivity index (χ3v) is 5.18. The van der Waals surface area contributed by atoms with Crippen molar-refractivity contribution in [1.82, 2.24) is 5.32 Å². The van der Waals surface area contributed by atoms with E-state index in [9.17, 15) is 0 Å². The highest BCUT2D eigenvalue weighted by atomic mass is 79.9. The number of rotatable bonds is 6. The molecule has 1 heterocycles. The zero-order valence-corrected chi connectivity index (χ0v) is 14.6. The van der Waals surface area contributed by atoms with Crippen molar-refractivity contribution in [1.29, 1.82) is 0 Å². The van der Waals surface area contributed by atoms with E-state index in [1.54, 1.807) is 11.3 Å². The molecule has 0 saturated heterocycles. The standard InChI is InChI=1S/C16H21BrN2S/c1-4-10-18-15(16-14(17)9-11-20-16)12-5-7-13(8-6-12)19(2)3/h5-9,11,15,18H,4,10H2,1-3H3. The van der Waals surface area contributed by atoms with Gasteiger partial charge in [0.05, 0.1) is 6.04 Å². The molecule has 20 heavy (non-hydrogen) atoms. The van der Waals surface area contributed by atoms with Gasteiger partial charge in [0.25, 0.3) is 0 Å². The molecule has 0 spiro atoms. The Morgan fingerprint density at radius 1 is 1.20 bits per heavy atom. The first-order valence-electron chi connectivity index (χ1n) is 6.87. The molecule has 108 valence electrons. The van der Waals surface area contributed by atoms with Crippen LogP contribution in [0, 0.1) is 0 Å². The van der Waals surface area contributed by atoms with Gasteiger partial charge in [-0.1, -0.05) is 19.1 Å². The molecule has 0 fully saturated rings. The van der Waals surface area contributed by atoms with Crippen molar-refractivity contribution in [3.8, 4) is 0 Å². The topological polar surface area (TPSA) is 15.3 Å². The fourth-order valence-electron chi connectivity index (χ4n) is 2.13. The molecule has 0 aliphatic rings. The van der Waals surface area contributed by atoms with Crippen LogP contribution in [0.4, 0.5) is 5.69 Å². The number of thiophene rings is 1. The lowest BCUT2D eigenvalue weighted by molar-refractivity contribution is 0.604. The summed E-state index contributed by atoms with van der Waals surface area (Å²) in [5, 5.41) is 5.78. The summed E-state index contributed by atoms with van der Waals surface area (Å²) < 4.78 is 1.19. The molecule has 1 aromatic heterocycles. The van der Waals surface area contributed by atoms with Crippen molar-refractivity contribution in [2.45, 2.75) is 19.4 Å². The molecular weight excluding hydrogens is 332 g/mol. The summed E-state index contributed by atoms with van der Waals surface area (Å²) in [7, 11) is 4.13. The molecule has 0 aliphatic heterocycles. The van der Waals surface area contributed by atoms with E-state index < -0.39 is 0 Å². The van der Waals surface area contributed by atoms with Crippen LogP contribution < -0.4 is 10.2 Å². The first-order chi connectivity index (χ1) is 9.63. The lowest BCUT2D eigenvalue weighted by Crippen LogP contribution is -2.22. The predicted molar refractivity (Wildman–Crippen MR) is 92.9 cm³/mol. The molecule has 0 aliphatic carbocycles. The number of benzene rings is 1. The van der Waals surface area contributed by atoms with Crippen LogP contribution in [0.15, 0.2) is 40.2 Å². The van der Waals surface area contributed by atoms with Crippen LogP contribution in [0.3, 0.4) is 0 Å². The number of hydrogen-bond donors (Lipinski definition) is 1. The Hall–Kier alpha value is -0.840.